The number of carbonyl (C=O) groups is 1. The van der Waals surface area contributed by atoms with Crippen LogP contribution in [0.5, 0.6) is 0 Å². The summed E-state index contributed by atoms with van der Waals surface area (Å²) in [5.74, 6) is 0.178. The first kappa shape index (κ1) is 5.91. The summed E-state index contributed by atoms with van der Waals surface area (Å²) < 4.78 is 0. The zero-order valence-corrected chi connectivity index (χ0v) is 5.98. The molecule has 3 saturated carbocycles. The lowest BCUT2D eigenvalue weighted by Gasteiger charge is -2.38. The molecule has 3 rings (SSSR count). The van der Waals surface area contributed by atoms with Crippen molar-refractivity contribution in [2.24, 2.45) is 10.8 Å². The number of rotatable bonds is 0. The minimum absolute atomic E-state index is 0.178. The van der Waals surface area contributed by atoms with E-state index in [0.717, 1.165) is 12.8 Å². The van der Waals surface area contributed by atoms with Crippen molar-refractivity contribution in [2.45, 2.75) is 26.2 Å². The first-order valence-electron chi connectivity index (χ1n) is 3.55. The number of nitrogens with zero attached hydrogens (tertiary/aromatic N) is 1. The van der Waals surface area contributed by atoms with Crippen LogP contribution in [0.1, 0.15) is 26.2 Å². The van der Waals surface area contributed by atoms with Gasteiger partial charge in [0.1, 0.15) is 5.41 Å². The standard InChI is InChI=1S/C8H9NO/c1-7-2-6(10)8(3-7,4-7)5-9/h2-4H2,1H3. The smallest absolute Gasteiger partial charge is 0.153 e. The number of hydrogen-bond donors (Lipinski definition) is 0. The van der Waals surface area contributed by atoms with Crippen molar-refractivity contribution in [3.05, 3.63) is 0 Å². The average Bonchev–Trinajstić information content (AvgIpc) is 2.15. The summed E-state index contributed by atoms with van der Waals surface area (Å²) in [5, 5.41) is 8.68. The minimum Gasteiger partial charge on any atom is -0.298 e. The highest BCUT2D eigenvalue weighted by atomic mass is 16.1. The lowest BCUT2D eigenvalue weighted by atomic mass is 9.62. The molecule has 0 radical (unpaired) electrons. The van der Waals surface area contributed by atoms with Crippen LogP contribution in [0.4, 0.5) is 0 Å². The fourth-order valence-electron chi connectivity index (χ4n) is 2.43. The van der Waals surface area contributed by atoms with Crippen molar-refractivity contribution in [1.82, 2.24) is 0 Å². The van der Waals surface area contributed by atoms with E-state index >= 15 is 0 Å². The summed E-state index contributed by atoms with van der Waals surface area (Å²) in [5.41, 5.74) is -0.332. The number of hydrogen-bond acceptors (Lipinski definition) is 2. The summed E-state index contributed by atoms with van der Waals surface area (Å²) in [6.45, 7) is 2.09. The molecule has 0 atom stereocenters. The molecule has 2 heteroatoms. The molecule has 3 aliphatic rings. The van der Waals surface area contributed by atoms with Crippen LogP contribution in [0.3, 0.4) is 0 Å². The van der Waals surface area contributed by atoms with Crippen LogP contribution in [-0.2, 0) is 4.79 Å². The minimum atomic E-state index is -0.533. The van der Waals surface area contributed by atoms with Crippen molar-refractivity contribution < 1.29 is 4.79 Å². The highest BCUT2D eigenvalue weighted by Gasteiger charge is 2.64. The number of Topliss-reactive ketones (excluding diaryl/α,β-unsaturated/α-hetero) is 1. The number of nitriles is 1. The zero-order valence-electron chi connectivity index (χ0n) is 5.98. The Hall–Kier alpha value is -0.840. The Balaban J connectivity index is 2.37. The second-order valence-corrected chi connectivity index (χ2v) is 3.96. The van der Waals surface area contributed by atoms with E-state index in [4.69, 9.17) is 5.26 Å². The van der Waals surface area contributed by atoms with Crippen LogP contribution < -0.4 is 0 Å². The molecule has 2 nitrogen and oxygen atoms in total. The van der Waals surface area contributed by atoms with Crippen molar-refractivity contribution in [1.29, 1.82) is 5.26 Å². The first-order valence-corrected chi connectivity index (χ1v) is 3.55. The van der Waals surface area contributed by atoms with E-state index in [9.17, 15) is 4.79 Å². The van der Waals surface area contributed by atoms with E-state index in [-0.39, 0.29) is 11.2 Å². The highest BCUT2D eigenvalue weighted by molar-refractivity contribution is 5.93. The van der Waals surface area contributed by atoms with Gasteiger partial charge in [0.05, 0.1) is 6.07 Å². The molecule has 0 aromatic carbocycles. The van der Waals surface area contributed by atoms with Gasteiger partial charge in [0.15, 0.2) is 5.78 Å². The fourth-order valence-corrected chi connectivity index (χ4v) is 2.43. The maximum Gasteiger partial charge on any atom is 0.153 e. The van der Waals surface area contributed by atoms with Gasteiger partial charge >= 0.3 is 0 Å². The summed E-state index contributed by atoms with van der Waals surface area (Å²) >= 11 is 0. The molecular formula is C8H9NO. The summed E-state index contributed by atoms with van der Waals surface area (Å²) in [6.07, 6.45) is 2.27. The van der Waals surface area contributed by atoms with Crippen LogP contribution in [0.25, 0.3) is 0 Å². The van der Waals surface area contributed by atoms with Crippen molar-refractivity contribution in [3.8, 4) is 6.07 Å². The SMILES string of the molecule is CC12CC(=O)C(C#N)(C1)C2. The Bertz CT molecular complexity index is 242. The van der Waals surface area contributed by atoms with Gasteiger partial charge in [-0.15, -0.1) is 0 Å². The molecule has 0 unspecified atom stereocenters. The Morgan fingerprint density at radius 2 is 2.20 bits per heavy atom. The average molecular weight is 135 g/mol. The lowest BCUT2D eigenvalue weighted by Crippen LogP contribution is -2.36. The molecule has 0 N–H and O–H groups in total. The Kier molecular flexibility index (Phi) is 0.750. The second-order valence-electron chi connectivity index (χ2n) is 3.96. The predicted molar refractivity (Wildman–Crippen MR) is 35.0 cm³/mol. The number of ketones is 1. The van der Waals surface area contributed by atoms with Gasteiger partial charge in [-0.25, -0.2) is 0 Å². The van der Waals surface area contributed by atoms with E-state index < -0.39 is 5.41 Å². The molecule has 0 aromatic heterocycles. The third-order valence-electron chi connectivity index (χ3n) is 2.79. The topological polar surface area (TPSA) is 40.9 Å². The first-order chi connectivity index (χ1) is 4.60. The van der Waals surface area contributed by atoms with Crippen LogP contribution in [-0.4, -0.2) is 5.78 Å². The van der Waals surface area contributed by atoms with Gasteiger partial charge in [0.2, 0.25) is 0 Å². The van der Waals surface area contributed by atoms with Crippen LogP contribution in [0, 0.1) is 22.2 Å². The molecule has 3 fully saturated rings. The van der Waals surface area contributed by atoms with Gasteiger partial charge in [-0.2, -0.15) is 5.26 Å². The third kappa shape index (κ3) is 0.429. The van der Waals surface area contributed by atoms with Crippen molar-refractivity contribution >= 4 is 5.78 Å². The Labute approximate surface area is 59.8 Å². The molecule has 10 heavy (non-hydrogen) atoms. The van der Waals surface area contributed by atoms with Crippen molar-refractivity contribution in [2.75, 3.05) is 0 Å². The molecule has 2 bridgehead atoms. The summed E-state index contributed by atoms with van der Waals surface area (Å²) in [4.78, 5) is 11.2. The third-order valence-corrected chi connectivity index (χ3v) is 2.79. The fraction of sp³-hybridized carbons (Fsp3) is 0.750. The normalized spacial score (nSPS) is 50.2. The van der Waals surface area contributed by atoms with E-state index in [0.29, 0.717) is 6.42 Å². The van der Waals surface area contributed by atoms with Gasteiger partial charge in [0.25, 0.3) is 0 Å². The molecule has 52 valence electrons. The quantitative estimate of drug-likeness (QED) is 0.502. The van der Waals surface area contributed by atoms with Crippen molar-refractivity contribution in [3.63, 3.8) is 0 Å². The molecule has 0 heterocycles. The molecule has 0 spiro atoms. The second kappa shape index (κ2) is 1.27. The molecule has 0 saturated heterocycles. The summed E-state index contributed by atoms with van der Waals surface area (Å²) in [6, 6.07) is 2.13. The largest absolute Gasteiger partial charge is 0.298 e. The van der Waals surface area contributed by atoms with E-state index in [1.807, 2.05) is 0 Å². The number of carbonyl (C=O) groups excluding carboxylic acids is 1. The lowest BCUT2D eigenvalue weighted by molar-refractivity contribution is -0.123. The van der Waals surface area contributed by atoms with Gasteiger partial charge in [-0.1, -0.05) is 6.92 Å². The molecule has 0 aliphatic heterocycles. The highest BCUT2D eigenvalue weighted by Crippen LogP contribution is 2.64. The van der Waals surface area contributed by atoms with Crippen LogP contribution in [0.2, 0.25) is 0 Å². The molecule has 0 amide bonds. The van der Waals surface area contributed by atoms with Crippen LogP contribution >= 0.6 is 0 Å². The zero-order chi connectivity index (χ0) is 7.41. The van der Waals surface area contributed by atoms with E-state index in [1.54, 1.807) is 0 Å². The van der Waals surface area contributed by atoms with Crippen LogP contribution in [0.15, 0.2) is 0 Å². The predicted octanol–water partition coefficient (Wildman–Crippen LogP) is 1.27. The van der Waals surface area contributed by atoms with Gasteiger partial charge < -0.3 is 0 Å². The maximum absolute atomic E-state index is 11.2. The molecule has 0 aromatic rings. The van der Waals surface area contributed by atoms with E-state index in [2.05, 4.69) is 13.0 Å². The van der Waals surface area contributed by atoms with Gasteiger partial charge in [-0.05, 0) is 18.3 Å². The monoisotopic (exact) mass is 135 g/mol. The summed E-state index contributed by atoms with van der Waals surface area (Å²) in [7, 11) is 0. The van der Waals surface area contributed by atoms with E-state index in [1.165, 1.54) is 0 Å². The number of fused-ring (bicyclic) bond motifs is 1. The van der Waals surface area contributed by atoms with Gasteiger partial charge in [0, 0.05) is 6.42 Å². The maximum atomic E-state index is 11.2. The molecule has 3 aliphatic carbocycles. The molecular weight excluding hydrogens is 126 g/mol. The van der Waals surface area contributed by atoms with Gasteiger partial charge in [-0.3, -0.25) is 4.79 Å². The Morgan fingerprint density at radius 1 is 1.60 bits per heavy atom. The Morgan fingerprint density at radius 3 is 2.40 bits per heavy atom.